The first-order chi connectivity index (χ1) is 14.7. The van der Waals surface area contributed by atoms with Gasteiger partial charge in [0.05, 0.1) is 27.7 Å². The molecule has 1 amide bonds. The Labute approximate surface area is 187 Å². The number of hydrogen-bond acceptors (Lipinski definition) is 3. The number of para-hydroxylation sites is 1. The number of amides is 1. The van der Waals surface area contributed by atoms with Gasteiger partial charge < -0.3 is 5.32 Å². The highest BCUT2D eigenvalue weighted by molar-refractivity contribution is 7.99. The van der Waals surface area contributed by atoms with Crippen LogP contribution in [-0.2, 0) is 23.8 Å². The number of imidazole rings is 1. The molecule has 2 aromatic carbocycles. The van der Waals surface area contributed by atoms with E-state index in [0.717, 1.165) is 36.7 Å². The van der Waals surface area contributed by atoms with E-state index in [0.29, 0.717) is 5.16 Å². The minimum atomic E-state index is -4.52. The zero-order chi connectivity index (χ0) is 22.6. The second-order valence-corrected chi connectivity index (χ2v) is 8.09. The van der Waals surface area contributed by atoms with Crippen LogP contribution in [-0.4, -0.2) is 21.2 Å². The van der Waals surface area contributed by atoms with E-state index in [2.05, 4.69) is 36.3 Å². The van der Waals surface area contributed by atoms with Crippen molar-refractivity contribution in [3.05, 3.63) is 70.5 Å². The average molecular weight is 468 g/mol. The fourth-order valence-electron chi connectivity index (χ4n) is 3.21. The summed E-state index contributed by atoms with van der Waals surface area (Å²) in [6.07, 6.45) is 0.681. The number of anilines is 1. The summed E-state index contributed by atoms with van der Waals surface area (Å²) in [5.74, 6) is -0.500. The molecule has 1 aromatic heterocycles. The number of thioether (sulfide) groups is 1. The lowest BCUT2D eigenvalue weighted by Gasteiger charge is -2.16. The number of hydrogen-bond donors (Lipinski definition) is 1. The molecule has 0 atom stereocenters. The second-order valence-electron chi connectivity index (χ2n) is 6.74. The van der Waals surface area contributed by atoms with E-state index < -0.39 is 17.6 Å². The third-order valence-corrected chi connectivity index (χ3v) is 6.01. The minimum absolute atomic E-state index is 0.0284. The maximum atomic E-state index is 12.9. The average Bonchev–Trinajstić information content (AvgIpc) is 3.20. The summed E-state index contributed by atoms with van der Waals surface area (Å²) in [7, 11) is 0. The molecule has 0 saturated carbocycles. The monoisotopic (exact) mass is 467 g/mol. The van der Waals surface area contributed by atoms with Crippen molar-refractivity contribution in [1.29, 1.82) is 0 Å². The molecule has 0 aliphatic rings. The highest BCUT2D eigenvalue weighted by Crippen LogP contribution is 2.34. The van der Waals surface area contributed by atoms with Crippen LogP contribution in [0.4, 0.5) is 18.9 Å². The standard InChI is InChI=1S/C22H21ClF3N3OS/c1-3-14-6-5-7-15(4-2)20(14)29-11-10-27-21(29)31-13-19(30)28-18-12-16(22(24,25)26)8-9-17(18)23/h5-12H,3-4,13H2,1-2H3,(H,28,30). The molecule has 0 unspecified atom stereocenters. The lowest BCUT2D eigenvalue weighted by molar-refractivity contribution is -0.137. The molecular formula is C22H21ClF3N3OS. The number of benzene rings is 2. The third kappa shape index (κ3) is 5.43. The van der Waals surface area contributed by atoms with Gasteiger partial charge in [0.25, 0.3) is 0 Å². The molecule has 0 bridgehead atoms. The smallest absolute Gasteiger partial charge is 0.324 e. The number of aryl methyl sites for hydroxylation is 2. The molecule has 0 aliphatic carbocycles. The maximum Gasteiger partial charge on any atom is 0.416 e. The second kappa shape index (κ2) is 9.78. The van der Waals surface area contributed by atoms with Crippen molar-refractivity contribution >= 4 is 35.0 Å². The number of carbonyl (C=O) groups excluding carboxylic acids is 1. The zero-order valence-corrected chi connectivity index (χ0v) is 18.5. The number of carbonyl (C=O) groups is 1. The SMILES string of the molecule is CCc1cccc(CC)c1-n1ccnc1SCC(=O)Nc1cc(C(F)(F)F)ccc1Cl. The van der Waals surface area contributed by atoms with Crippen molar-refractivity contribution in [3.8, 4) is 5.69 Å². The van der Waals surface area contributed by atoms with Crippen molar-refractivity contribution in [1.82, 2.24) is 9.55 Å². The van der Waals surface area contributed by atoms with Gasteiger partial charge in [-0.2, -0.15) is 13.2 Å². The highest BCUT2D eigenvalue weighted by atomic mass is 35.5. The van der Waals surface area contributed by atoms with E-state index in [9.17, 15) is 18.0 Å². The van der Waals surface area contributed by atoms with E-state index >= 15 is 0 Å². The number of nitrogens with zero attached hydrogens (tertiary/aromatic N) is 2. The van der Waals surface area contributed by atoms with Crippen LogP contribution >= 0.6 is 23.4 Å². The number of nitrogens with one attached hydrogen (secondary N) is 1. The predicted octanol–water partition coefficient (Wildman–Crippen LogP) is 6.40. The van der Waals surface area contributed by atoms with Crippen LogP contribution in [0.15, 0.2) is 53.9 Å². The summed E-state index contributed by atoms with van der Waals surface area (Å²) in [6, 6.07) is 8.97. The highest BCUT2D eigenvalue weighted by Gasteiger charge is 2.31. The van der Waals surface area contributed by atoms with Crippen molar-refractivity contribution in [3.63, 3.8) is 0 Å². The number of halogens is 4. The molecule has 4 nitrogen and oxygen atoms in total. The van der Waals surface area contributed by atoms with Gasteiger partial charge >= 0.3 is 6.18 Å². The normalized spacial score (nSPS) is 11.5. The third-order valence-electron chi connectivity index (χ3n) is 4.71. The molecule has 164 valence electrons. The topological polar surface area (TPSA) is 46.9 Å². The van der Waals surface area contributed by atoms with Crippen LogP contribution in [0, 0.1) is 0 Å². The molecule has 31 heavy (non-hydrogen) atoms. The van der Waals surface area contributed by atoms with E-state index in [1.54, 1.807) is 6.20 Å². The summed E-state index contributed by atoms with van der Waals surface area (Å²) >= 11 is 7.16. The van der Waals surface area contributed by atoms with Gasteiger partial charge in [0.1, 0.15) is 0 Å². The fourth-order valence-corrected chi connectivity index (χ4v) is 4.13. The first-order valence-electron chi connectivity index (χ1n) is 9.68. The number of alkyl halides is 3. The quantitative estimate of drug-likeness (QED) is 0.409. The Kier molecular flexibility index (Phi) is 7.33. The van der Waals surface area contributed by atoms with Crippen molar-refractivity contribution in [2.45, 2.75) is 38.0 Å². The summed E-state index contributed by atoms with van der Waals surface area (Å²) in [5.41, 5.74) is 2.43. The van der Waals surface area contributed by atoms with Crippen LogP contribution in [0.5, 0.6) is 0 Å². The van der Waals surface area contributed by atoms with Crippen LogP contribution in [0.2, 0.25) is 5.02 Å². The largest absolute Gasteiger partial charge is 0.416 e. The Morgan fingerprint density at radius 3 is 2.45 bits per heavy atom. The lowest BCUT2D eigenvalue weighted by atomic mass is 10.0. The van der Waals surface area contributed by atoms with E-state index in [4.69, 9.17) is 11.6 Å². The Bertz CT molecular complexity index is 1060. The Morgan fingerprint density at radius 1 is 1.16 bits per heavy atom. The van der Waals surface area contributed by atoms with Crippen molar-refractivity contribution in [2.75, 3.05) is 11.1 Å². The van der Waals surface area contributed by atoms with E-state index in [1.807, 2.05) is 16.8 Å². The summed E-state index contributed by atoms with van der Waals surface area (Å²) < 4.78 is 40.7. The van der Waals surface area contributed by atoms with Gasteiger partial charge in [-0.25, -0.2) is 4.98 Å². The van der Waals surface area contributed by atoms with E-state index in [1.165, 1.54) is 22.9 Å². The predicted molar refractivity (Wildman–Crippen MR) is 118 cm³/mol. The Hall–Kier alpha value is -2.45. The maximum absolute atomic E-state index is 12.9. The molecule has 1 heterocycles. The number of rotatable bonds is 7. The van der Waals surface area contributed by atoms with Gasteiger partial charge in [-0.3, -0.25) is 9.36 Å². The lowest BCUT2D eigenvalue weighted by Crippen LogP contribution is -2.16. The molecule has 3 rings (SSSR count). The van der Waals surface area contributed by atoms with Gasteiger partial charge in [0, 0.05) is 12.4 Å². The Balaban J connectivity index is 1.76. The van der Waals surface area contributed by atoms with Crippen molar-refractivity contribution in [2.24, 2.45) is 0 Å². The molecule has 0 fully saturated rings. The summed E-state index contributed by atoms with van der Waals surface area (Å²) in [4.78, 5) is 16.8. The van der Waals surface area contributed by atoms with Gasteiger partial charge in [-0.1, -0.05) is 55.4 Å². The molecule has 0 saturated heterocycles. The van der Waals surface area contributed by atoms with Crippen LogP contribution < -0.4 is 5.32 Å². The number of aromatic nitrogens is 2. The first kappa shape index (κ1) is 23.2. The summed E-state index contributed by atoms with van der Waals surface area (Å²) in [6.45, 7) is 4.16. The molecule has 9 heteroatoms. The van der Waals surface area contributed by atoms with Gasteiger partial charge in [0.2, 0.25) is 5.91 Å². The van der Waals surface area contributed by atoms with Gasteiger partial charge in [-0.15, -0.1) is 0 Å². The van der Waals surface area contributed by atoms with Gasteiger partial charge in [0.15, 0.2) is 5.16 Å². The molecular weight excluding hydrogens is 447 g/mol. The van der Waals surface area contributed by atoms with E-state index in [-0.39, 0.29) is 16.5 Å². The summed E-state index contributed by atoms with van der Waals surface area (Å²) in [5, 5.41) is 3.13. The molecule has 3 aromatic rings. The Morgan fingerprint density at radius 2 is 1.84 bits per heavy atom. The van der Waals surface area contributed by atoms with Crippen LogP contribution in [0.25, 0.3) is 5.69 Å². The minimum Gasteiger partial charge on any atom is -0.324 e. The molecule has 0 radical (unpaired) electrons. The molecule has 0 aliphatic heterocycles. The molecule has 1 N–H and O–H groups in total. The van der Waals surface area contributed by atoms with Crippen LogP contribution in [0.1, 0.15) is 30.5 Å². The van der Waals surface area contributed by atoms with Crippen LogP contribution in [0.3, 0.4) is 0 Å². The molecule has 0 spiro atoms. The van der Waals surface area contributed by atoms with Crippen molar-refractivity contribution < 1.29 is 18.0 Å². The first-order valence-corrected chi connectivity index (χ1v) is 11.0. The zero-order valence-electron chi connectivity index (χ0n) is 17.0. The fraction of sp³-hybridized carbons (Fsp3) is 0.273. The van der Waals surface area contributed by atoms with Gasteiger partial charge in [-0.05, 0) is 42.2 Å².